The molecule has 82 valence electrons. The predicted octanol–water partition coefficient (Wildman–Crippen LogP) is 1.20. The van der Waals surface area contributed by atoms with Crippen LogP contribution >= 0.6 is 0 Å². The van der Waals surface area contributed by atoms with E-state index in [-0.39, 0.29) is 0 Å². The number of hydrogen-bond donors (Lipinski definition) is 2. The van der Waals surface area contributed by atoms with Crippen molar-refractivity contribution in [2.45, 2.75) is 32.2 Å². The summed E-state index contributed by atoms with van der Waals surface area (Å²) in [6.07, 6.45) is 7.29. The van der Waals surface area contributed by atoms with Crippen LogP contribution in [0.2, 0.25) is 0 Å². The molecule has 0 saturated carbocycles. The van der Waals surface area contributed by atoms with Crippen LogP contribution in [0, 0.1) is 0 Å². The van der Waals surface area contributed by atoms with Crippen molar-refractivity contribution >= 4 is 5.95 Å². The molecule has 0 aliphatic carbocycles. The Morgan fingerprint density at radius 3 is 2.87 bits per heavy atom. The Morgan fingerprint density at radius 2 is 2.27 bits per heavy atom. The van der Waals surface area contributed by atoms with Gasteiger partial charge in [-0.3, -0.25) is 0 Å². The second kappa shape index (κ2) is 5.07. The fraction of sp³-hybridized carbons (Fsp3) is 0.636. The van der Waals surface area contributed by atoms with E-state index in [4.69, 9.17) is 0 Å². The molecule has 0 radical (unpaired) electrons. The second-order valence-electron chi connectivity index (χ2n) is 3.94. The molecule has 15 heavy (non-hydrogen) atoms. The number of anilines is 1. The van der Waals surface area contributed by atoms with E-state index in [9.17, 15) is 0 Å². The molecule has 1 aromatic rings. The summed E-state index contributed by atoms with van der Waals surface area (Å²) in [4.78, 5) is 8.52. The third-order valence-electron chi connectivity index (χ3n) is 2.78. The lowest BCUT2D eigenvalue weighted by molar-refractivity contribution is 0.631. The van der Waals surface area contributed by atoms with Gasteiger partial charge in [0.1, 0.15) is 0 Å². The zero-order valence-corrected chi connectivity index (χ0v) is 9.16. The summed E-state index contributed by atoms with van der Waals surface area (Å²) in [5.41, 5.74) is 1.18. The number of aryl methyl sites for hydroxylation is 1. The molecular weight excluding hydrogens is 188 g/mol. The molecule has 1 aliphatic rings. The molecule has 2 heterocycles. The zero-order valence-electron chi connectivity index (χ0n) is 9.16. The molecule has 1 fully saturated rings. The smallest absolute Gasteiger partial charge is 0.222 e. The Labute approximate surface area is 90.5 Å². The molecule has 1 atom stereocenters. The molecule has 4 nitrogen and oxygen atoms in total. The summed E-state index contributed by atoms with van der Waals surface area (Å²) in [5, 5.41) is 6.68. The molecule has 2 rings (SSSR count). The van der Waals surface area contributed by atoms with Gasteiger partial charge in [0.05, 0.1) is 0 Å². The van der Waals surface area contributed by atoms with Gasteiger partial charge in [-0.05, 0) is 31.4 Å². The van der Waals surface area contributed by atoms with E-state index in [0.717, 1.165) is 25.5 Å². The molecule has 4 heteroatoms. The molecule has 1 aliphatic heterocycles. The van der Waals surface area contributed by atoms with Gasteiger partial charge in [0, 0.05) is 25.0 Å². The van der Waals surface area contributed by atoms with Crippen molar-refractivity contribution in [3.8, 4) is 0 Å². The third kappa shape index (κ3) is 2.89. The summed E-state index contributed by atoms with van der Waals surface area (Å²) in [6, 6.07) is 0.583. The zero-order chi connectivity index (χ0) is 10.5. The lowest BCUT2D eigenvalue weighted by atomic mass is 10.2. The number of nitrogens with one attached hydrogen (secondary N) is 2. The molecule has 0 spiro atoms. The molecule has 0 aromatic carbocycles. The van der Waals surface area contributed by atoms with E-state index in [0.29, 0.717) is 6.04 Å². The minimum absolute atomic E-state index is 0.583. The third-order valence-corrected chi connectivity index (χ3v) is 2.78. The fourth-order valence-electron chi connectivity index (χ4n) is 1.77. The number of nitrogens with zero attached hydrogens (tertiary/aromatic N) is 2. The largest absolute Gasteiger partial charge is 0.353 e. The van der Waals surface area contributed by atoms with E-state index in [1.807, 2.05) is 12.4 Å². The van der Waals surface area contributed by atoms with Gasteiger partial charge in [0.2, 0.25) is 5.95 Å². The standard InChI is InChI=1S/C11H18N4/c1-2-9-6-13-11(14-7-9)15-8-10-4-3-5-12-10/h6-7,10,12H,2-5,8H2,1H3,(H,13,14,15). The minimum atomic E-state index is 0.583. The van der Waals surface area contributed by atoms with Crippen LogP contribution in [0.1, 0.15) is 25.3 Å². The highest BCUT2D eigenvalue weighted by atomic mass is 15.1. The van der Waals surface area contributed by atoms with Crippen LogP contribution in [0.25, 0.3) is 0 Å². The van der Waals surface area contributed by atoms with Crippen molar-refractivity contribution < 1.29 is 0 Å². The van der Waals surface area contributed by atoms with Gasteiger partial charge in [-0.1, -0.05) is 6.92 Å². The van der Waals surface area contributed by atoms with Gasteiger partial charge in [-0.15, -0.1) is 0 Å². The normalized spacial score (nSPS) is 20.5. The van der Waals surface area contributed by atoms with E-state index in [1.54, 1.807) is 0 Å². The summed E-state index contributed by atoms with van der Waals surface area (Å²) >= 11 is 0. The Bertz CT molecular complexity index is 290. The lowest BCUT2D eigenvalue weighted by Crippen LogP contribution is -2.29. The highest BCUT2D eigenvalue weighted by Gasteiger charge is 2.13. The Morgan fingerprint density at radius 1 is 1.47 bits per heavy atom. The molecule has 1 saturated heterocycles. The first-order valence-electron chi connectivity index (χ1n) is 5.66. The first-order valence-corrected chi connectivity index (χ1v) is 5.66. The van der Waals surface area contributed by atoms with Gasteiger partial charge in [0.25, 0.3) is 0 Å². The summed E-state index contributed by atoms with van der Waals surface area (Å²) in [6.45, 7) is 4.17. The van der Waals surface area contributed by atoms with Gasteiger partial charge in [0.15, 0.2) is 0 Å². The quantitative estimate of drug-likeness (QED) is 0.777. The van der Waals surface area contributed by atoms with E-state index in [2.05, 4.69) is 27.5 Å². The van der Waals surface area contributed by atoms with Crippen molar-refractivity contribution in [2.24, 2.45) is 0 Å². The highest BCUT2D eigenvalue weighted by Crippen LogP contribution is 2.06. The fourth-order valence-corrected chi connectivity index (χ4v) is 1.77. The molecule has 0 amide bonds. The average molecular weight is 206 g/mol. The van der Waals surface area contributed by atoms with Gasteiger partial charge in [-0.2, -0.15) is 0 Å². The highest BCUT2D eigenvalue weighted by molar-refractivity contribution is 5.25. The van der Waals surface area contributed by atoms with Crippen LogP contribution < -0.4 is 10.6 Å². The number of hydrogen-bond acceptors (Lipinski definition) is 4. The van der Waals surface area contributed by atoms with Gasteiger partial charge in [-0.25, -0.2) is 9.97 Å². The van der Waals surface area contributed by atoms with E-state index < -0.39 is 0 Å². The number of rotatable bonds is 4. The maximum Gasteiger partial charge on any atom is 0.222 e. The Kier molecular flexibility index (Phi) is 3.50. The molecule has 2 N–H and O–H groups in total. The van der Waals surface area contributed by atoms with Crippen LogP contribution in [-0.4, -0.2) is 29.1 Å². The first-order chi connectivity index (χ1) is 7.38. The van der Waals surface area contributed by atoms with Gasteiger partial charge < -0.3 is 10.6 Å². The van der Waals surface area contributed by atoms with Crippen molar-refractivity contribution in [2.75, 3.05) is 18.4 Å². The average Bonchev–Trinajstić information content (AvgIpc) is 2.80. The molecule has 1 aromatic heterocycles. The molecular formula is C11H18N4. The Hall–Kier alpha value is -1.16. The monoisotopic (exact) mass is 206 g/mol. The SMILES string of the molecule is CCc1cnc(NCC2CCCN2)nc1. The maximum atomic E-state index is 4.26. The molecule has 1 unspecified atom stereocenters. The topological polar surface area (TPSA) is 49.8 Å². The number of aromatic nitrogens is 2. The first kappa shape index (κ1) is 10.4. The minimum Gasteiger partial charge on any atom is -0.353 e. The summed E-state index contributed by atoms with van der Waals surface area (Å²) in [7, 11) is 0. The maximum absolute atomic E-state index is 4.26. The van der Waals surface area contributed by atoms with Crippen LogP contribution in [0.15, 0.2) is 12.4 Å². The molecule has 0 bridgehead atoms. The predicted molar refractivity (Wildman–Crippen MR) is 60.9 cm³/mol. The summed E-state index contributed by atoms with van der Waals surface area (Å²) in [5.74, 6) is 0.737. The van der Waals surface area contributed by atoms with Crippen molar-refractivity contribution in [1.29, 1.82) is 0 Å². The van der Waals surface area contributed by atoms with Crippen molar-refractivity contribution in [1.82, 2.24) is 15.3 Å². The van der Waals surface area contributed by atoms with Crippen LogP contribution in [0.4, 0.5) is 5.95 Å². The van der Waals surface area contributed by atoms with Gasteiger partial charge >= 0.3 is 0 Å². The van der Waals surface area contributed by atoms with E-state index in [1.165, 1.54) is 18.4 Å². The van der Waals surface area contributed by atoms with Crippen LogP contribution in [0.5, 0.6) is 0 Å². The van der Waals surface area contributed by atoms with Crippen molar-refractivity contribution in [3.05, 3.63) is 18.0 Å². The van der Waals surface area contributed by atoms with E-state index >= 15 is 0 Å². The van der Waals surface area contributed by atoms with Crippen LogP contribution in [0.3, 0.4) is 0 Å². The van der Waals surface area contributed by atoms with Crippen molar-refractivity contribution in [3.63, 3.8) is 0 Å². The second-order valence-corrected chi connectivity index (χ2v) is 3.94. The van der Waals surface area contributed by atoms with Crippen LogP contribution in [-0.2, 0) is 6.42 Å². The summed E-state index contributed by atoms with van der Waals surface area (Å²) < 4.78 is 0. The lowest BCUT2D eigenvalue weighted by Gasteiger charge is -2.11. The Balaban J connectivity index is 1.82.